The topological polar surface area (TPSA) is 99.2 Å². The van der Waals surface area contributed by atoms with Gasteiger partial charge in [0, 0.05) is 29.2 Å². The number of para-hydroxylation sites is 1. The van der Waals surface area contributed by atoms with E-state index in [1.165, 1.54) is 0 Å². The van der Waals surface area contributed by atoms with Gasteiger partial charge in [0.05, 0.1) is 23.4 Å². The minimum absolute atomic E-state index is 0.106. The minimum Gasteiger partial charge on any atom is -0.488 e. The number of H-pyrrole nitrogens is 1. The van der Waals surface area contributed by atoms with E-state index >= 15 is 0 Å². The number of rotatable bonds is 6. The van der Waals surface area contributed by atoms with Gasteiger partial charge in [-0.25, -0.2) is 9.97 Å². The number of benzene rings is 2. The van der Waals surface area contributed by atoms with Gasteiger partial charge in [0.25, 0.3) is 0 Å². The molecule has 2 aromatic heterocycles. The number of aromatic amines is 1. The van der Waals surface area contributed by atoms with E-state index in [0.29, 0.717) is 5.95 Å². The molecular weight excluding hydrogens is 404 g/mol. The summed E-state index contributed by atoms with van der Waals surface area (Å²) in [4.78, 5) is 11.3. The summed E-state index contributed by atoms with van der Waals surface area (Å²) in [5.41, 5.74) is 3.66. The van der Waals surface area contributed by atoms with Gasteiger partial charge in [-0.2, -0.15) is 5.10 Å². The third-order valence-corrected chi connectivity index (χ3v) is 5.88. The highest BCUT2D eigenvalue weighted by molar-refractivity contribution is 5.87. The van der Waals surface area contributed by atoms with Crippen molar-refractivity contribution in [3.05, 3.63) is 48.3 Å². The highest BCUT2D eigenvalue weighted by atomic mass is 16.5. The van der Waals surface area contributed by atoms with E-state index in [9.17, 15) is 5.11 Å². The fourth-order valence-electron chi connectivity index (χ4n) is 4.23. The van der Waals surface area contributed by atoms with Crippen LogP contribution in [0.3, 0.4) is 0 Å². The Balaban J connectivity index is 1.38. The second kappa shape index (κ2) is 8.72. The normalized spacial score (nSPS) is 19.0. The Hall–Kier alpha value is -3.23. The first kappa shape index (κ1) is 20.7. The summed E-state index contributed by atoms with van der Waals surface area (Å²) in [6, 6.07) is 12.0. The van der Waals surface area contributed by atoms with Gasteiger partial charge >= 0.3 is 0 Å². The van der Waals surface area contributed by atoms with Gasteiger partial charge in [0.15, 0.2) is 0 Å². The molecule has 0 saturated heterocycles. The van der Waals surface area contributed by atoms with E-state index < -0.39 is 0 Å². The summed E-state index contributed by atoms with van der Waals surface area (Å²) < 4.78 is 6.27. The number of anilines is 2. The monoisotopic (exact) mass is 432 g/mol. The number of aliphatic hydroxyl groups is 1. The maximum absolute atomic E-state index is 9.75. The van der Waals surface area contributed by atoms with Crippen LogP contribution in [-0.4, -0.2) is 56.5 Å². The van der Waals surface area contributed by atoms with Gasteiger partial charge in [0.1, 0.15) is 11.3 Å². The first-order valence-electron chi connectivity index (χ1n) is 11.0. The smallest absolute Gasteiger partial charge is 0.227 e. The van der Waals surface area contributed by atoms with Crippen molar-refractivity contribution in [1.82, 2.24) is 25.1 Å². The first-order chi connectivity index (χ1) is 15.5. The Morgan fingerprint density at radius 2 is 2.00 bits per heavy atom. The van der Waals surface area contributed by atoms with Crippen molar-refractivity contribution in [1.29, 1.82) is 0 Å². The van der Waals surface area contributed by atoms with Gasteiger partial charge in [0.2, 0.25) is 5.95 Å². The average molecular weight is 433 g/mol. The molecule has 5 rings (SSSR count). The number of ether oxygens (including phenoxy) is 1. The molecule has 4 aromatic rings. The number of hydrogen-bond donors (Lipinski definition) is 3. The molecule has 0 unspecified atom stereocenters. The number of nitrogens with one attached hydrogen (secondary N) is 2. The first-order valence-corrected chi connectivity index (χ1v) is 11.0. The summed E-state index contributed by atoms with van der Waals surface area (Å²) in [6.45, 7) is 0.781. The van der Waals surface area contributed by atoms with Crippen LogP contribution in [0.25, 0.3) is 21.8 Å². The third kappa shape index (κ3) is 4.37. The highest BCUT2D eigenvalue weighted by Crippen LogP contribution is 2.30. The Morgan fingerprint density at radius 3 is 2.81 bits per heavy atom. The summed E-state index contributed by atoms with van der Waals surface area (Å²) in [5.74, 6) is 1.27. The van der Waals surface area contributed by atoms with Crippen LogP contribution < -0.4 is 10.1 Å². The second-order valence-electron chi connectivity index (χ2n) is 8.73. The Kier molecular flexibility index (Phi) is 5.63. The molecule has 1 fully saturated rings. The Bertz CT molecular complexity index is 1230. The lowest BCUT2D eigenvalue weighted by Gasteiger charge is -2.26. The molecule has 166 valence electrons. The van der Waals surface area contributed by atoms with Crippen LogP contribution in [0, 0.1) is 0 Å². The fourth-order valence-corrected chi connectivity index (χ4v) is 4.23. The quantitative estimate of drug-likeness (QED) is 0.424. The van der Waals surface area contributed by atoms with Crippen molar-refractivity contribution < 1.29 is 9.84 Å². The van der Waals surface area contributed by atoms with Crippen LogP contribution >= 0.6 is 0 Å². The molecule has 0 radical (unpaired) electrons. The highest BCUT2D eigenvalue weighted by Gasteiger charge is 2.21. The molecule has 1 saturated carbocycles. The average Bonchev–Trinajstić information content (AvgIpc) is 3.17. The minimum atomic E-state index is -0.202. The zero-order valence-corrected chi connectivity index (χ0v) is 18.4. The zero-order chi connectivity index (χ0) is 22.1. The van der Waals surface area contributed by atoms with Crippen molar-refractivity contribution in [3.63, 3.8) is 0 Å². The van der Waals surface area contributed by atoms with Gasteiger partial charge in [-0.05, 0) is 64.0 Å². The van der Waals surface area contributed by atoms with E-state index in [2.05, 4.69) is 31.5 Å². The van der Waals surface area contributed by atoms with Gasteiger partial charge in [-0.1, -0.05) is 12.1 Å². The van der Waals surface area contributed by atoms with Crippen molar-refractivity contribution >= 4 is 33.4 Å². The fraction of sp³-hybridized carbons (Fsp3) is 0.375. The Labute approximate surface area is 186 Å². The molecular formula is C24H28N6O2. The zero-order valence-electron chi connectivity index (χ0n) is 18.4. The van der Waals surface area contributed by atoms with Gasteiger partial charge < -0.3 is 20.1 Å². The molecule has 1 aliphatic carbocycles. The van der Waals surface area contributed by atoms with E-state index in [4.69, 9.17) is 9.72 Å². The largest absolute Gasteiger partial charge is 0.488 e. The van der Waals surface area contributed by atoms with E-state index in [1.807, 2.05) is 50.6 Å². The molecule has 8 nitrogen and oxygen atoms in total. The van der Waals surface area contributed by atoms with Crippen LogP contribution in [0.15, 0.2) is 42.6 Å². The molecule has 8 heteroatoms. The lowest BCUT2D eigenvalue weighted by molar-refractivity contribution is 0.0672. The standard InChI is InChI=1S/C24H28N6O2/c1-30(2)14-21-19-11-6-16(12-20(19)28-29-21)26-24-25-13-15-4-3-5-22(23(15)27-24)32-18-9-7-17(31)8-10-18/h3-6,11-13,17-18,31H,7-10,14H2,1-2H3,(H,28,29)(H,25,26,27)/t17-,18+. The summed E-state index contributed by atoms with van der Waals surface area (Å²) in [5, 5.41) is 22.7. The summed E-state index contributed by atoms with van der Waals surface area (Å²) >= 11 is 0. The Morgan fingerprint density at radius 1 is 1.16 bits per heavy atom. The van der Waals surface area contributed by atoms with Crippen LogP contribution in [0.2, 0.25) is 0 Å². The molecule has 0 atom stereocenters. The second-order valence-corrected chi connectivity index (χ2v) is 8.73. The third-order valence-electron chi connectivity index (χ3n) is 5.88. The van der Waals surface area contributed by atoms with Crippen molar-refractivity contribution in [2.75, 3.05) is 19.4 Å². The van der Waals surface area contributed by atoms with Crippen LogP contribution in [0.1, 0.15) is 31.4 Å². The SMILES string of the molecule is CN(C)Cc1n[nH]c2cc(Nc3ncc4cccc(O[C@H]5CC[C@@H](O)CC5)c4n3)ccc12. The lowest BCUT2D eigenvalue weighted by Crippen LogP contribution is -2.26. The van der Waals surface area contributed by atoms with Crippen molar-refractivity contribution in [2.24, 2.45) is 0 Å². The maximum atomic E-state index is 9.75. The molecule has 0 bridgehead atoms. The predicted octanol–water partition coefficient (Wildman–Crippen LogP) is 3.99. The van der Waals surface area contributed by atoms with E-state index in [0.717, 1.165) is 71.2 Å². The number of aliphatic hydroxyl groups excluding tert-OH is 1. The van der Waals surface area contributed by atoms with E-state index in [-0.39, 0.29) is 12.2 Å². The molecule has 2 heterocycles. The maximum Gasteiger partial charge on any atom is 0.227 e. The number of fused-ring (bicyclic) bond motifs is 2. The van der Waals surface area contributed by atoms with Crippen molar-refractivity contribution in [2.45, 2.75) is 44.4 Å². The molecule has 3 N–H and O–H groups in total. The van der Waals surface area contributed by atoms with Crippen LogP contribution in [-0.2, 0) is 6.54 Å². The summed E-state index contributed by atoms with van der Waals surface area (Å²) in [6.07, 6.45) is 4.99. The molecule has 0 spiro atoms. The van der Waals surface area contributed by atoms with Gasteiger partial charge in [-0.3, -0.25) is 5.10 Å². The van der Waals surface area contributed by atoms with Crippen molar-refractivity contribution in [3.8, 4) is 5.75 Å². The number of hydrogen-bond acceptors (Lipinski definition) is 7. The van der Waals surface area contributed by atoms with Gasteiger partial charge in [-0.15, -0.1) is 0 Å². The molecule has 1 aliphatic rings. The summed E-state index contributed by atoms with van der Waals surface area (Å²) in [7, 11) is 4.06. The lowest BCUT2D eigenvalue weighted by atomic mass is 9.95. The number of aromatic nitrogens is 4. The molecule has 32 heavy (non-hydrogen) atoms. The van der Waals surface area contributed by atoms with Crippen LogP contribution in [0.5, 0.6) is 5.75 Å². The predicted molar refractivity (Wildman–Crippen MR) is 125 cm³/mol. The van der Waals surface area contributed by atoms with E-state index in [1.54, 1.807) is 0 Å². The molecule has 2 aromatic carbocycles. The van der Waals surface area contributed by atoms with Crippen LogP contribution in [0.4, 0.5) is 11.6 Å². The molecule has 0 aliphatic heterocycles. The molecule has 0 amide bonds. The number of nitrogens with zero attached hydrogens (tertiary/aromatic N) is 4.